The Kier molecular flexibility index (Phi) is 5.02. The van der Waals surface area contributed by atoms with Gasteiger partial charge in [-0.15, -0.1) is 0 Å². The van der Waals surface area contributed by atoms with E-state index in [9.17, 15) is 10.1 Å². The first kappa shape index (κ1) is 13.9. The van der Waals surface area contributed by atoms with Gasteiger partial charge in [-0.05, 0) is 33.1 Å². The summed E-state index contributed by atoms with van der Waals surface area (Å²) in [7, 11) is 3.91. The lowest BCUT2D eigenvalue weighted by atomic mass is 10.2. The molecule has 0 saturated heterocycles. The molecule has 0 aliphatic heterocycles. The lowest BCUT2D eigenvalue weighted by molar-refractivity contribution is -0.384. The van der Waals surface area contributed by atoms with Crippen LogP contribution in [0.2, 0.25) is 0 Å². The molecule has 0 spiro atoms. The van der Waals surface area contributed by atoms with E-state index in [1.165, 1.54) is 12.3 Å². The summed E-state index contributed by atoms with van der Waals surface area (Å²) in [4.78, 5) is 16.3. The van der Waals surface area contributed by atoms with Gasteiger partial charge in [0.2, 0.25) is 5.82 Å². The first-order valence-electron chi connectivity index (χ1n) is 5.48. The lowest BCUT2D eigenvalue weighted by Gasteiger charge is -2.10. The van der Waals surface area contributed by atoms with Gasteiger partial charge in [0.25, 0.3) is 0 Å². The monoisotopic (exact) mass is 249 g/mol. The Morgan fingerprint density at radius 3 is 2.89 bits per heavy atom. The normalized spacial score (nSPS) is 10.1. The van der Waals surface area contributed by atoms with Crippen molar-refractivity contribution in [2.45, 2.75) is 6.42 Å². The van der Waals surface area contributed by atoms with Crippen molar-refractivity contribution in [2.24, 2.45) is 0 Å². The van der Waals surface area contributed by atoms with E-state index >= 15 is 0 Å². The summed E-state index contributed by atoms with van der Waals surface area (Å²) in [5, 5.41) is 22.6. The number of pyridine rings is 1. The number of hydrogen-bond acceptors (Lipinski definition) is 6. The van der Waals surface area contributed by atoms with Crippen LogP contribution in [0.15, 0.2) is 12.3 Å². The number of nitro groups is 1. The summed E-state index contributed by atoms with van der Waals surface area (Å²) in [5.41, 5.74) is -0.241. The first-order chi connectivity index (χ1) is 8.56. The molecular formula is C11H15N5O2. The van der Waals surface area contributed by atoms with Crippen LogP contribution in [0.25, 0.3) is 0 Å². The van der Waals surface area contributed by atoms with Crippen LogP contribution in [0.1, 0.15) is 12.0 Å². The van der Waals surface area contributed by atoms with Gasteiger partial charge in [0.15, 0.2) is 0 Å². The fourth-order valence-electron chi connectivity index (χ4n) is 1.46. The summed E-state index contributed by atoms with van der Waals surface area (Å²) < 4.78 is 0. The second kappa shape index (κ2) is 6.51. The largest absolute Gasteiger partial charge is 0.364 e. The average molecular weight is 249 g/mol. The third kappa shape index (κ3) is 3.68. The molecule has 96 valence electrons. The molecule has 7 heteroatoms. The van der Waals surface area contributed by atoms with E-state index < -0.39 is 4.92 Å². The van der Waals surface area contributed by atoms with E-state index in [-0.39, 0.29) is 17.1 Å². The maximum Gasteiger partial charge on any atom is 0.328 e. The molecule has 1 rings (SSSR count). The first-order valence-corrected chi connectivity index (χ1v) is 5.48. The van der Waals surface area contributed by atoms with Gasteiger partial charge >= 0.3 is 5.69 Å². The third-order valence-corrected chi connectivity index (χ3v) is 2.30. The van der Waals surface area contributed by atoms with Crippen molar-refractivity contribution < 1.29 is 4.92 Å². The number of nitrogens with zero attached hydrogens (tertiary/aromatic N) is 4. The minimum absolute atomic E-state index is 0.0186. The van der Waals surface area contributed by atoms with Crippen molar-refractivity contribution in [3.63, 3.8) is 0 Å². The minimum Gasteiger partial charge on any atom is -0.364 e. The standard InChI is InChI=1S/C11H15N5O2/c1-15(2)7-3-5-13-11-10(16(17)18)9(8-12)4-6-14-11/h4,6H,3,5,7H2,1-2H3,(H,13,14). The van der Waals surface area contributed by atoms with E-state index in [1.807, 2.05) is 19.0 Å². The Hall–Kier alpha value is -2.20. The van der Waals surface area contributed by atoms with Crippen molar-refractivity contribution in [3.05, 3.63) is 27.9 Å². The molecule has 0 saturated carbocycles. The molecule has 7 nitrogen and oxygen atoms in total. The highest BCUT2D eigenvalue weighted by atomic mass is 16.6. The zero-order chi connectivity index (χ0) is 13.5. The molecule has 0 aliphatic rings. The zero-order valence-electron chi connectivity index (χ0n) is 10.4. The van der Waals surface area contributed by atoms with Gasteiger partial charge in [-0.2, -0.15) is 5.26 Å². The van der Waals surface area contributed by atoms with Crippen molar-refractivity contribution in [3.8, 4) is 6.07 Å². The number of anilines is 1. The number of nitriles is 1. The van der Waals surface area contributed by atoms with Crippen LogP contribution in [0.3, 0.4) is 0 Å². The topological polar surface area (TPSA) is 95.1 Å². The van der Waals surface area contributed by atoms with Crippen LogP contribution in [0.5, 0.6) is 0 Å². The van der Waals surface area contributed by atoms with Gasteiger partial charge in [-0.25, -0.2) is 4.98 Å². The number of rotatable bonds is 6. The molecule has 1 aromatic rings. The summed E-state index contributed by atoms with van der Waals surface area (Å²) in [5.74, 6) is 0.151. The molecule has 1 N–H and O–H groups in total. The number of nitrogens with one attached hydrogen (secondary N) is 1. The maximum atomic E-state index is 10.9. The molecule has 0 aliphatic carbocycles. The van der Waals surface area contributed by atoms with E-state index in [0.717, 1.165) is 13.0 Å². The van der Waals surface area contributed by atoms with Crippen LogP contribution in [-0.2, 0) is 0 Å². The molecule has 1 heterocycles. The molecule has 0 atom stereocenters. The Bertz CT molecular complexity index is 467. The van der Waals surface area contributed by atoms with E-state index in [0.29, 0.717) is 6.54 Å². The highest BCUT2D eigenvalue weighted by molar-refractivity contribution is 5.63. The average Bonchev–Trinajstić information content (AvgIpc) is 2.33. The molecular weight excluding hydrogens is 234 g/mol. The van der Waals surface area contributed by atoms with Crippen molar-refractivity contribution in [2.75, 3.05) is 32.5 Å². The Balaban J connectivity index is 2.77. The van der Waals surface area contributed by atoms with Crippen molar-refractivity contribution in [1.82, 2.24) is 9.88 Å². The van der Waals surface area contributed by atoms with Crippen LogP contribution >= 0.6 is 0 Å². The molecule has 0 radical (unpaired) electrons. The third-order valence-electron chi connectivity index (χ3n) is 2.30. The van der Waals surface area contributed by atoms with Gasteiger partial charge < -0.3 is 10.2 Å². The van der Waals surface area contributed by atoms with Crippen LogP contribution in [0, 0.1) is 21.4 Å². The van der Waals surface area contributed by atoms with E-state index in [2.05, 4.69) is 10.3 Å². The van der Waals surface area contributed by atoms with Crippen LogP contribution < -0.4 is 5.32 Å². The Labute approximate surface area is 105 Å². The highest BCUT2D eigenvalue weighted by Gasteiger charge is 2.20. The minimum atomic E-state index is -0.583. The molecule has 1 aromatic heterocycles. The van der Waals surface area contributed by atoms with Crippen molar-refractivity contribution in [1.29, 1.82) is 5.26 Å². The second-order valence-corrected chi connectivity index (χ2v) is 4.01. The maximum absolute atomic E-state index is 10.9. The number of hydrogen-bond donors (Lipinski definition) is 1. The Morgan fingerprint density at radius 2 is 2.33 bits per heavy atom. The molecule has 18 heavy (non-hydrogen) atoms. The summed E-state index contributed by atoms with van der Waals surface area (Å²) in [6.45, 7) is 1.44. The quantitative estimate of drug-likeness (QED) is 0.462. The Morgan fingerprint density at radius 1 is 1.61 bits per heavy atom. The van der Waals surface area contributed by atoms with E-state index in [4.69, 9.17) is 5.26 Å². The summed E-state index contributed by atoms with van der Waals surface area (Å²) in [6.07, 6.45) is 2.22. The van der Waals surface area contributed by atoms with Gasteiger partial charge in [0, 0.05) is 12.7 Å². The molecule has 0 amide bonds. The summed E-state index contributed by atoms with van der Waals surface area (Å²) >= 11 is 0. The summed E-state index contributed by atoms with van der Waals surface area (Å²) in [6, 6.07) is 3.13. The van der Waals surface area contributed by atoms with Crippen molar-refractivity contribution >= 4 is 11.5 Å². The predicted molar refractivity (Wildman–Crippen MR) is 67.3 cm³/mol. The number of aromatic nitrogens is 1. The smallest absolute Gasteiger partial charge is 0.328 e. The van der Waals surface area contributed by atoms with Gasteiger partial charge in [-0.3, -0.25) is 10.1 Å². The molecule has 0 unspecified atom stereocenters. The highest BCUT2D eigenvalue weighted by Crippen LogP contribution is 2.25. The van der Waals surface area contributed by atoms with Gasteiger partial charge in [0.05, 0.1) is 4.92 Å². The molecule has 0 bridgehead atoms. The van der Waals surface area contributed by atoms with Gasteiger partial charge in [-0.1, -0.05) is 0 Å². The SMILES string of the molecule is CN(C)CCCNc1nccc(C#N)c1[N+](=O)[O-]. The van der Waals surface area contributed by atoms with Crippen LogP contribution in [0.4, 0.5) is 11.5 Å². The predicted octanol–water partition coefficient (Wildman–Crippen LogP) is 1.23. The van der Waals surface area contributed by atoms with Crippen LogP contribution in [-0.4, -0.2) is 42.0 Å². The fourth-order valence-corrected chi connectivity index (χ4v) is 1.46. The lowest BCUT2D eigenvalue weighted by Crippen LogP contribution is -2.17. The zero-order valence-corrected chi connectivity index (χ0v) is 10.4. The van der Waals surface area contributed by atoms with E-state index in [1.54, 1.807) is 6.07 Å². The molecule has 0 aromatic carbocycles. The fraction of sp³-hybridized carbons (Fsp3) is 0.455. The second-order valence-electron chi connectivity index (χ2n) is 4.01. The molecule has 0 fully saturated rings. The van der Waals surface area contributed by atoms with Gasteiger partial charge in [0.1, 0.15) is 11.6 Å².